The number of amides is 2. The van der Waals surface area contributed by atoms with Crippen molar-refractivity contribution in [2.75, 3.05) is 19.6 Å². The van der Waals surface area contributed by atoms with Crippen LogP contribution in [0.4, 0.5) is 8.78 Å². The SMILES string of the molecule is CC(C)(C(=O)N1CCCCC1)[C@H](N)C(=O)N1CC(c2cc(F)ccc2F)=C[C@H]1c1ccccc1. The molecule has 2 N–H and O–H groups in total. The molecule has 0 bridgehead atoms. The number of likely N-dealkylation sites (tertiary alicyclic amines) is 1. The predicted molar refractivity (Wildman–Crippen MR) is 127 cm³/mol. The van der Waals surface area contributed by atoms with Gasteiger partial charge in [0.2, 0.25) is 11.8 Å². The number of carbonyl (C=O) groups excluding carboxylic acids is 2. The lowest BCUT2D eigenvalue weighted by atomic mass is 9.81. The first-order valence-corrected chi connectivity index (χ1v) is 11.8. The fourth-order valence-electron chi connectivity index (χ4n) is 4.80. The maximum absolute atomic E-state index is 14.6. The molecule has 180 valence electrons. The Morgan fingerprint density at radius 1 is 1.03 bits per heavy atom. The van der Waals surface area contributed by atoms with E-state index in [-0.39, 0.29) is 18.0 Å². The van der Waals surface area contributed by atoms with Crippen LogP contribution in [0.1, 0.15) is 50.3 Å². The number of halogens is 2. The van der Waals surface area contributed by atoms with Gasteiger partial charge in [-0.3, -0.25) is 9.59 Å². The summed E-state index contributed by atoms with van der Waals surface area (Å²) in [5.41, 5.74) is 6.81. The number of piperidine rings is 1. The van der Waals surface area contributed by atoms with Crippen LogP contribution in [0.25, 0.3) is 5.57 Å². The lowest BCUT2D eigenvalue weighted by molar-refractivity contribution is -0.149. The highest BCUT2D eigenvalue weighted by Gasteiger charge is 2.45. The summed E-state index contributed by atoms with van der Waals surface area (Å²) in [5, 5.41) is 0. The highest BCUT2D eigenvalue weighted by molar-refractivity contribution is 5.94. The molecular weight excluding hydrogens is 436 g/mol. The zero-order valence-electron chi connectivity index (χ0n) is 19.6. The topological polar surface area (TPSA) is 66.6 Å². The van der Waals surface area contributed by atoms with Crippen LogP contribution in [-0.4, -0.2) is 47.3 Å². The Hall–Kier alpha value is -3.06. The zero-order valence-corrected chi connectivity index (χ0v) is 19.6. The van der Waals surface area contributed by atoms with Crippen LogP contribution in [-0.2, 0) is 9.59 Å². The van der Waals surface area contributed by atoms with Crippen molar-refractivity contribution < 1.29 is 18.4 Å². The van der Waals surface area contributed by atoms with E-state index in [4.69, 9.17) is 5.73 Å². The first kappa shape index (κ1) is 24.1. The number of benzene rings is 2. The Morgan fingerprint density at radius 3 is 2.38 bits per heavy atom. The monoisotopic (exact) mass is 467 g/mol. The zero-order chi connectivity index (χ0) is 24.5. The molecule has 34 heavy (non-hydrogen) atoms. The van der Waals surface area contributed by atoms with E-state index in [1.165, 1.54) is 0 Å². The minimum absolute atomic E-state index is 0.0699. The molecule has 0 aromatic heterocycles. The molecule has 2 amide bonds. The van der Waals surface area contributed by atoms with E-state index >= 15 is 0 Å². The number of hydrogen-bond acceptors (Lipinski definition) is 3. The molecule has 2 aliphatic rings. The molecule has 1 saturated heterocycles. The van der Waals surface area contributed by atoms with Crippen LogP contribution in [0.5, 0.6) is 0 Å². The van der Waals surface area contributed by atoms with E-state index in [1.54, 1.807) is 29.7 Å². The summed E-state index contributed by atoms with van der Waals surface area (Å²) in [5.74, 6) is -1.64. The van der Waals surface area contributed by atoms with Gasteiger partial charge in [-0.15, -0.1) is 0 Å². The molecule has 2 aromatic rings. The summed E-state index contributed by atoms with van der Waals surface area (Å²) in [4.78, 5) is 30.3. The second kappa shape index (κ2) is 9.66. The third-order valence-corrected chi connectivity index (χ3v) is 6.97. The van der Waals surface area contributed by atoms with Gasteiger partial charge in [-0.05, 0) is 62.4 Å². The number of nitrogens with two attached hydrogens (primary N) is 1. The molecule has 2 aromatic carbocycles. The molecule has 2 atom stereocenters. The molecule has 1 fully saturated rings. The molecule has 0 unspecified atom stereocenters. The van der Waals surface area contributed by atoms with Crippen LogP contribution in [0.3, 0.4) is 0 Å². The minimum atomic E-state index is -1.11. The van der Waals surface area contributed by atoms with E-state index in [2.05, 4.69) is 0 Å². The smallest absolute Gasteiger partial charge is 0.241 e. The first-order valence-electron chi connectivity index (χ1n) is 11.8. The Kier molecular flexibility index (Phi) is 6.84. The van der Waals surface area contributed by atoms with Gasteiger partial charge in [-0.1, -0.05) is 36.4 Å². The van der Waals surface area contributed by atoms with Crippen molar-refractivity contribution in [3.05, 3.63) is 77.4 Å². The number of nitrogens with zero attached hydrogens (tertiary/aromatic N) is 2. The van der Waals surface area contributed by atoms with E-state index in [9.17, 15) is 18.4 Å². The lowest BCUT2D eigenvalue weighted by Gasteiger charge is -2.39. The van der Waals surface area contributed by atoms with E-state index in [1.807, 2.05) is 30.3 Å². The van der Waals surface area contributed by atoms with Crippen LogP contribution < -0.4 is 5.73 Å². The molecular formula is C27H31F2N3O2. The Bertz CT molecular complexity index is 1090. The van der Waals surface area contributed by atoms with E-state index < -0.39 is 35.0 Å². The fourth-order valence-corrected chi connectivity index (χ4v) is 4.80. The Balaban J connectivity index is 1.64. The summed E-state index contributed by atoms with van der Waals surface area (Å²) < 4.78 is 28.4. The first-order chi connectivity index (χ1) is 16.2. The molecule has 0 radical (unpaired) electrons. The summed E-state index contributed by atoms with van der Waals surface area (Å²) in [7, 11) is 0. The van der Waals surface area contributed by atoms with Crippen molar-refractivity contribution in [3.63, 3.8) is 0 Å². The van der Waals surface area contributed by atoms with E-state index in [0.29, 0.717) is 18.7 Å². The minimum Gasteiger partial charge on any atom is -0.342 e. The average Bonchev–Trinajstić information content (AvgIpc) is 3.30. The number of rotatable bonds is 5. The number of hydrogen-bond donors (Lipinski definition) is 1. The molecule has 0 spiro atoms. The molecule has 2 aliphatic heterocycles. The Morgan fingerprint density at radius 2 is 1.71 bits per heavy atom. The van der Waals surface area contributed by atoms with Gasteiger partial charge < -0.3 is 15.5 Å². The van der Waals surface area contributed by atoms with Crippen molar-refractivity contribution in [2.45, 2.75) is 45.2 Å². The summed E-state index contributed by atoms with van der Waals surface area (Å²) in [6, 6.07) is 11.0. The van der Waals surface area contributed by atoms with Crippen LogP contribution in [0.2, 0.25) is 0 Å². The summed E-state index contributed by atoms with van der Waals surface area (Å²) in [6.45, 7) is 4.83. The summed E-state index contributed by atoms with van der Waals surface area (Å²) >= 11 is 0. The second-order valence-electron chi connectivity index (χ2n) is 9.69. The van der Waals surface area contributed by atoms with Crippen molar-refractivity contribution in [2.24, 2.45) is 11.1 Å². The van der Waals surface area contributed by atoms with Gasteiger partial charge in [0.15, 0.2) is 0 Å². The standard InChI is InChI=1S/C27H31F2N3O2/c1-27(2,26(34)31-13-7-4-8-14-31)24(30)25(33)32-17-19(21-16-20(28)11-12-22(21)29)15-23(32)18-9-5-3-6-10-18/h3,5-6,9-12,15-16,23-24H,4,7-8,13-14,17,30H2,1-2H3/t23-,24+/m0/s1. The highest BCUT2D eigenvalue weighted by atomic mass is 19.1. The van der Waals surface area contributed by atoms with Gasteiger partial charge in [-0.2, -0.15) is 0 Å². The molecule has 7 heteroatoms. The van der Waals surface area contributed by atoms with Crippen LogP contribution in [0.15, 0.2) is 54.6 Å². The third kappa shape index (κ3) is 4.62. The van der Waals surface area contributed by atoms with Crippen LogP contribution in [0, 0.1) is 17.0 Å². The van der Waals surface area contributed by atoms with Gasteiger partial charge in [0.25, 0.3) is 0 Å². The lowest BCUT2D eigenvalue weighted by Crippen LogP contribution is -2.58. The van der Waals surface area contributed by atoms with Gasteiger partial charge >= 0.3 is 0 Å². The van der Waals surface area contributed by atoms with Crippen molar-refractivity contribution >= 4 is 17.4 Å². The normalized spacial score (nSPS) is 19.7. The highest BCUT2D eigenvalue weighted by Crippen LogP contribution is 2.37. The molecule has 2 heterocycles. The molecule has 5 nitrogen and oxygen atoms in total. The largest absolute Gasteiger partial charge is 0.342 e. The van der Waals surface area contributed by atoms with Gasteiger partial charge in [0.1, 0.15) is 11.6 Å². The maximum atomic E-state index is 14.6. The summed E-state index contributed by atoms with van der Waals surface area (Å²) in [6.07, 6.45) is 4.75. The number of carbonyl (C=O) groups is 2. The van der Waals surface area contributed by atoms with Crippen molar-refractivity contribution in [1.82, 2.24) is 9.80 Å². The van der Waals surface area contributed by atoms with E-state index in [0.717, 1.165) is 43.0 Å². The third-order valence-electron chi connectivity index (χ3n) is 6.97. The molecule has 0 saturated carbocycles. The van der Waals surface area contributed by atoms with Gasteiger partial charge in [0.05, 0.1) is 17.5 Å². The molecule has 4 rings (SSSR count). The molecule has 0 aliphatic carbocycles. The average molecular weight is 468 g/mol. The predicted octanol–water partition coefficient (Wildman–Crippen LogP) is 4.30. The van der Waals surface area contributed by atoms with Crippen molar-refractivity contribution in [1.29, 1.82) is 0 Å². The quantitative estimate of drug-likeness (QED) is 0.713. The van der Waals surface area contributed by atoms with Gasteiger partial charge in [0, 0.05) is 25.2 Å². The maximum Gasteiger partial charge on any atom is 0.241 e. The fraction of sp³-hybridized carbons (Fsp3) is 0.407. The second-order valence-corrected chi connectivity index (χ2v) is 9.69. The van der Waals surface area contributed by atoms with Crippen LogP contribution >= 0.6 is 0 Å². The van der Waals surface area contributed by atoms with Crippen molar-refractivity contribution in [3.8, 4) is 0 Å². The van der Waals surface area contributed by atoms with Gasteiger partial charge in [-0.25, -0.2) is 8.78 Å². The Labute approximate surface area is 199 Å².